The first-order valence-corrected chi connectivity index (χ1v) is 6.91. The third-order valence-corrected chi connectivity index (χ3v) is 4.44. The Hall–Kier alpha value is -1.02. The van der Waals surface area contributed by atoms with E-state index in [9.17, 15) is 0 Å². The summed E-state index contributed by atoms with van der Waals surface area (Å²) in [6, 6.07) is 8.48. The molecule has 1 aromatic carbocycles. The van der Waals surface area contributed by atoms with E-state index < -0.39 is 0 Å². The van der Waals surface area contributed by atoms with Gasteiger partial charge in [0, 0.05) is 17.5 Å². The molecule has 2 heteroatoms. The number of hydrogen-bond donors (Lipinski definition) is 1. The summed E-state index contributed by atoms with van der Waals surface area (Å²) < 4.78 is 5.54. The average molecular weight is 247 g/mol. The van der Waals surface area contributed by atoms with Crippen LogP contribution in [0.25, 0.3) is 0 Å². The maximum Gasteiger partial charge on any atom is 0.122 e. The third kappa shape index (κ3) is 2.26. The minimum absolute atomic E-state index is 0.274. The maximum atomic E-state index is 5.54. The molecule has 2 rings (SSSR count). The summed E-state index contributed by atoms with van der Waals surface area (Å²) in [5.41, 5.74) is 1.65. The Kier molecular flexibility index (Phi) is 3.96. The van der Waals surface area contributed by atoms with Crippen molar-refractivity contribution in [2.75, 3.05) is 20.7 Å². The molecule has 1 aliphatic rings. The Morgan fingerprint density at radius 3 is 2.56 bits per heavy atom. The lowest BCUT2D eigenvalue weighted by Gasteiger charge is -2.50. The summed E-state index contributed by atoms with van der Waals surface area (Å²) in [6.07, 6.45) is 2.54. The largest absolute Gasteiger partial charge is 0.496 e. The van der Waals surface area contributed by atoms with Gasteiger partial charge in [-0.15, -0.1) is 0 Å². The molecule has 100 valence electrons. The van der Waals surface area contributed by atoms with E-state index in [1.54, 1.807) is 7.11 Å². The molecule has 0 aromatic heterocycles. The van der Waals surface area contributed by atoms with Crippen molar-refractivity contribution in [1.82, 2.24) is 5.32 Å². The van der Waals surface area contributed by atoms with Crippen LogP contribution in [0.2, 0.25) is 0 Å². The molecule has 0 unspecified atom stereocenters. The number of hydrogen-bond acceptors (Lipinski definition) is 2. The zero-order valence-electron chi connectivity index (χ0n) is 12.0. The number of nitrogens with one attached hydrogen (secondary N) is 1. The van der Waals surface area contributed by atoms with Crippen LogP contribution in [0.5, 0.6) is 5.75 Å². The van der Waals surface area contributed by atoms with Crippen molar-refractivity contribution in [3.63, 3.8) is 0 Å². The average Bonchev–Trinajstić information content (AvgIpc) is 2.33. The molecule has 1 saturated carbocycles. The molecule has 2 nitrogen and oxygen atoms in total. The van der Waals surface area contributed by atoms with Crippen LogP contribution in [0.4, 0.5) is 0 Å². The van der Waals surface area contributed by atoms with Gasteiger partial charge in [0.1, 0.15) is 5.75 Å². The van der Waals surface area contributed by atoms with Gasteiger partial charge in [-0.3, -0.25) is 0 Å². The molecule has 1 fully saturated rings. The minimum Gasteiger partial charge on any atom is -0.496 e. The molecule has 0 atom stereocenters. The summed E-state index contributed by atoms with van der Waals surface area (Å²) in [5, 5.41) is 3.36. The first-order chi connectivity index (χ1) is 8.63. The molecule has 0 bridgehead atoms. The van der Waals surface area contributed by atoms with E-state index >= 15 is 0 Å². The molecule has 1 aliphatic carbocycles. The van der Waals surface area contributed by atoms with Gasteiger partial charge in [-0.05, 0) is 37.8 Å². The van der Waals surface area contributed by atoms with Crippen LogP contribution in [0.1, 0.15) is 32.3 Å². The highest BCUT2D eigenvalue weighted by atomic mass is 16.5. The van der Waals surface area contributed by atoms with Crippen LogP contribution in [-0.2, 0) is 5.41 Å². The van der Waals surface area contributed by atoms with Gasteiger partial charge in [0.15, 0.2) is 0 Å². The summed E-state index contributed by atoms with van der Waals surface area (Å²) in [7, 11) is 3.81. The molecule has 0 heterocycles. The fourth-order valence-corrected chi connectivity index (χ4v) is 3.30. The van der Waals surface area contributed by atoms with Gasteiger partial charge in [-0.25, -0.2) is 0 Å². The summed E-state index contributed by atoms with van der Waals surface area (Å²) in [4.78, 5) is 0. The molecule has 0 radical (unpaired) electrons. The Balaban J connectivity index is 2.26. The number of ether oxygens (including phenoxy) is 1. The Morgan fingerprint density at radius 1 is 1.33 bits per heavy atom. The minimum atomic E-state index is 0.274. The molecule has 0 spiro atoms. The van der Waals surface area contributed by atoms with Crippen molar-refractivity contribution in [3.8, 4) is 5.75 Å². The van der Waals surface area contributed by atoms with Crippen LogP contribution in [0.3, 0.4) is 0 Å². The first kappa shape index (κ1) is 13.4. The van der Waals surface area contributed by atoms with Crippen LogP contribution >= 0.6 is 0 Å². The maximum absolute atomic E-state index is 5.54. The second-order valence-corrected chi connectivity index (χ2v) is 5.92. The highest BCUT2D eigenvalue weighted by Gasteiger charge is 2.47. The van der Waals surface area contributed by atoms with E-state index in [4.69, 9.17) is 4.74 Å². The van der Waals surface area contributed by atoms with Crippen molar-refractivity contribution in [2.45, 2.75) is 32.1 Å². The molecule has 1 aromatic rings. The predicted molar refractivity (Wildman–Crippen MR) is 76.2 cm³/mol. The summed E-state index contributed by atoms with van der Waals surface area (Å²) in [6.45, 7) is 5.70. The van der Waals surface area contributed by atoms with Gasteiger partial charge in [0.2, 0.25) is 0 Å². The number of para-hydroxylation sites is 1. The van der Waals surface area contributed by atoms with Crippen molar-refractivity contribution in [2.24, 2.45) is 11.8 Å². The highest BCUT2D eigenvalue weighted by Crippen LogP contribution is 2.52. The lowest BCUT2D eigenvalue weighted by atomic mass is 9.55. The molecular weight excluding hydrogens is 222 g/mol. The van der Waals surface area contributed by atoms with Gasteiger partial charge in [0.05, 0.1) is 7.11 Å². The smallest absolute Gasteiger partial charge is 0.122 e. The zero-order valence-corrected chi connectivity index (χ0v) is 12.0. The SMILES string of the molecule is CNCC1(c2ccccc2OC)CC(C(C)C)C1. The topological polar surface area (TPSA) is 21.3 Å². The second-order valence-electron chi connectivity index (χ2n) is 5.92. The normalized spacial score (nSPS) is 27.1. The van der Waals surface area contributed by atoms with Crippen LogP contribution in [0, 0.1) is 11.8 Å². The molecule has 0 amide bonds. The van der Waals surface area contributed by atoms with E-state index in [1.807, 2.05) is 13.1 Å². The van der Waals surface area contributed by atoms with Gasteiger partial charge in [-0.2, -0.15) is 0 Å². The van der Waals surface area contributed by atoms with E-state index in [0.717, 1.165) is 24.1 Å². The van der Waals surface area contributed by atoms with Gasteiger partial charge < -0.3 is 10.1 Å². The van der Waals surface area contributed by atoms with E-state index in [0.29, 0.717) is 0 Å². The molecule has 0 saturated heterocycles. The van der Waals surface area contributed by atoms with Crippen LogP contribution in [0.15, 0.2) is 24.3 Å². The second kappa shape index (κ2) is 5.31. The summed E-state index contributed by atoms with van der Waals surface area (Å²) >= 11 is 0. The standard InChI is InChI=1S/C16H25NO/c1-12(2)13-9-16(10-13,11-17-3)14-7-5-6-8-15(14)18-4/h5-8,12-13,17H,9-11H2,1-4H3. The fourth-order valence-electron chi connectivity index (χ4n) is 3.30. The number of rotatable bonds is 5. The molecule has 0 aliphatic heterocycles. The van der Waals surface area contributed by atoms with Crippen molar-refractivity contribution < 1.29 is 4.74 Å². The monoisotopic (exact) mass is 247 g/mol. The fraction of sp³-hybridized carbons (Fsp3) is 0.625. The van der Waals surface area contributed by atoms with Crippen molar-refractivity contribution >= 4 is 0 Å². The van der Waals surface area contributed by atoms with Gasteiger partial charge in [0.25, 0.3) is 0 Å². The Labute approximate surface area is 111 Å². The lowest BCUT2D eigenvalue weighted by molar-refractivity contribution is 0.0971. The molecule has 18 heavy (non-hydrogen) atoms. The molecular formula is C16H25NO. The Morgan fingerprint density at radius 2 is 2.00 bits per heavy atom. The Bertz CT molecular complexity index is 394. The van der Waals surface area contributed by atoms with E-state index in [-0.39, 0.29) is 5.41 Å². The van der Waals surface area contributed by atoms with E-state index in [1.165, 1.54) is 18.4 Å². The van der Waals surface area contributed by atoms with E-state index in [2.05, 4.69) is 37.4 Å². The van der Waals surface area contributed by atoms with Crippen molar-refractivity contribution in [3.05, 3.63) is 29.8 Å². The predicted octanol–water partition coefficient (Wildman–Crippen LogP) is 3.22. The summed E-state index contributed by atoms with van der Waals surface area (Å²) in [5.74, 6) is 2.67. The van der Waals surface area contributed by atoms with Gasteiger partial charge >= 0.3 is 0 Å². The number of benzene rings is 1. The quantitative estimate of drug-likeness (QED) is 0.862. The van der Waals surface area contributed by atoms with Gasteiger partial charge in [-0.1, -0.05) is 32.0 Å². The third-order valence-electron chi connectivity index (χ3n) is 4.44. The number of likely N-dealkylation sites (N-methyl/N-ethyl adjacent to an activating group) is 1. The van der Waals surface area contributed by atoms with Crippen LogP contribution in [-0.4, -0.2) is 20.7 Å². The number of methoxy groups -OCH3 is 1. The van der Waals surface area contributed by atoms with Crippen LogP contribution < -0.4 is 10.1 Å². The first-order valence-electron chi connectivity index (χ1n) is 6.91. The highest BCUT2D eigenvalue weighted by molar-refractivity contribution is 5.42. The van der Waals surface area contributed by atoms with Crippen molar-refractivity contribution in [1.29, 1.82) is 0 Å². The lowest BCUT2D eigenvalue weighted by Crippen LogP contribution is -2.49. The molecule has 1 N–H and O–H groups in total. The zero-order chi connectivity index (χ0) is 13.2.